The molecule has 0 saturated heterocycles. The molecule has 1 aliphatic heterocycles. The van der Waals surface area contributed by atoms with Crippen molar-refractivity contribution in [2.24, 2.45) is 0 Å². The van der Waals surface area contributed by atoms with E-state index in [1.807, 2.05) is 0 Å². The summed E-state index contributed by atoms with van der Waals surface area (Å²) in [6.45, 7) is 3.84. The third-order valence-corrected chi connectivity index (χ3v) is 5.75. The Bertz CT molecular complexity index is 1270. The van der Waals surface area contributed by atoms with Crippen LogP contribution >= 0.6 is 0 Å². The number of carbonyl (C=O) groups excluding carboxylic acids is 3. The summed E-state index contributed by atoms with van der Waals surface area (Å²) < 4.78 is 87.9. The van der Waals surface area contributed by atoms with E-state index in [9.17, 15) is 40.7 Å². The summed E-state index contributed by atoms with van der Waals surface area (Å²) in [7, 11) is 1.22. The highest BCUT2D eigenvalue weighted by Gasteiger charge is 2.41. The van der Waals surface area contributed by atoms with E-state index in [2.05, 4.69) is 15.6 Å². The fraction of sp³-hybridized carbons (Fsp3) is 0.500. The summed E-state index contributed by atoms with van der Waals surface area (Å²) in [5.41, 5.74) is -1.88. The number of imidazole rings is 1. The Balaban J connectivity index is 1.86. The van der Waals surface area contributed by atoms with Gasteiger partial charge >= 0.3 is 12.3 Å². The molecule has 214 valence electrons. The Kier molecular flexibility index (Phi) is 8.50. The smallest absolute Gasteiger partial charge is 0.444 e. The standard InChI is InChI=1S/C24H27F6N5O4/c1-23(2,3)39-22(38)32-13(7-12-8-15(26)16(27)10-14(12)25)9-18(36)34-5-6-35-17(11-34)19(20(37)31-4)33-21(35)24(28,29)30/h8,10,13H,5-7,9,11H2,1-4H3,(H,31,37)(H,32,38). The van der Waals surface area contributed by atoms with Crippen molar-refractivity contribution in [3.05, 3.63) is 52.4 Å². The molecular formula is C24H27F6N5O4. The fourth-order valence-electron chi connectivity index (χ4n) is 4.07. The van der Waals surface area contributed by atoms with Crippen molar-refractivity contribution >= 4 is 17.9 Å². The average Bonchev–Trinajstić information content (AvgIpc) is 3.20. The van der Waals surface area contributed by atoms with Crippen LogP contribution in [0.5, 0.6) is 0 Å². The summed E-state index contributed by atoms with van der Waals surface area (Å²) >= 11 is 0. The zero-order chi connectivity index (χ0) is 29.3. The quantitative estimate of drug-likeness (QED) is 0.413. The largest absolute Gasteiger partial charge is 0.449 e. The maximum atomic E-state index is 14.3. The lowest BCUT2D eigenvalue weighted by atomic mass is 10.0. The first-order chi connectivity index (χ1) is 18.0. The molecule has 3 amide bonds. The molecule has 1 aliphatic rings. The van der Waals surface area contributed by atoms with Crippen molar-refractivity contribution in [3.63, 3.8) is 0 Å². The summed E-state index contributed by atoms with van der Waals surface area (Å²) in [6.07, 6.45) is -6.73. The number of alkyl carbamates (subject to hydrolysis) is 1. The fourth-order valence-corrected chi connectivity index (χ4v) is 4.07. The van der Waals surface area contributed by atoms with E-state index in [-0.39, 0.29) is 24.3 Å². The number of halogens is 6. The molecule has 0 bridgehead atoms. The number of alkyl halides is 3. The highest BCUT2D eigenvalue weighted by molar-refractivity contribution is 5.93. The number of ether oxygens (including phenoxy) is 1. The number of carbonyl (C=O) groups is 3. The monoisotopic (exact) mass is 563 g/mol. The molecule has 1 aromatic heterocycles. The Morgan fingerprint density at radius 3 is 2.28 bits per heavy atom. The minimum Gasteiger partial charge on any atom is -0.444 e. The zero-order valence-corrected chi connectivity index (χ0v) is 21.5. The molecule has 0 spiro atoms. The van der Waals surface area contributed by atoms with Crippen LogP contribution in [0.15, 0.2) is 12.1 Å². The summed E-state index contributed by atoms with van der Waals surface area (Å²) in [6, 6.07) is -0.226. The van der Waals surface area contributed by atoms with Crippen LogP contribution in [0.4, 0.5) is 31.1 Å². The average molecular weight is 563 g/mol. The van der Waals surface area contributed by atoms with Crippen LogP contribution in [-0.4, -0.2) is 57.6 Å². The van der Waals surface area contributed by atoms with Gasteiger partial charge in [0.2, 0.25) is 11.7 Å². The van der Waals surface area contributed by atoms with Gasteiger partial charge in [0.15, 0.2) is 17.3 Å². The van der Waals surface area contributed by atoms with Gasteiger partial charge in [-0.1, -0.05) is 0 Å². The van der Waals surface area contributed by atoms with E-state index in [0.717, 1.165) is 9.47 Å². The molecule has 3 rings (SSSR count). The molecule has 1 unspecified atom stereocenters. The first-order valence-corrected chi connectivity index (χ1v) is 11.8. The maximum Gasteiger partial charge on any atom is 0.449 e. The van der Waals surface area contributed by atoms with Gasteiger partial charge in [-0.3, -0.25) is 9.59 Å². The molecule has 2 N–H and O–H groups in total. The Morgan fingerprint density at radius 2 is 1.69 bits per heavy atom. The van der Waals surface area contributed by atoms with Crippen LogP contribution in [0.1, 0.15) is 54.8 Å². The minimum atomic E-state index is -4.84. The molecular weight excluding hydrogens is 536 g/mol. The topological polar surface area (TPSA) is 106 Å². The second-order valence-corrected chi connectivity index (χ2v) is 9.88. The van der Waals surface area contributed by atoms with Crippen molar-refractivity contribution in [2.75, 3.05) is 13.6 Å². The molecule has 0 fully saturated rings. The number of hydrogen-bond donors (Lipinski definition) is 2. The van der Waals surface area contributed by atoms with Gasteiger partial charge in [0, 0.05) is 38.7 Å². The molecule has 39 heavy (non-hydrogen) atoms. The lowest BCUT2D eigenvalue weighted by Gasteiger charge is -2.31. The number of rotatable bonds is 6. The van der Waals surface area contributed by atoms with E-state index in [0.29, 0.717) is 12.1 Å². The van der Waals surface area contributed by atoms with Gasteiger partial charge in [-0.05, 0) is 38.8 Å². The van der Waals surface area contributed by atoms with Crippen LogP contribution in [0.2, 0.25) is 0 Å². The third kappa shape index (κ3) is 7.20. The zero-order valence-electron chi connectivity index (χ0n) is 21.5. The van der Waals surface area contributed by atoms with E-state index in [4.69, 9.17) is 4.74 Å². The predicted molar refractivity (Wildman–Crippen MR) is 124 cm³/mol. The van der Waals surface area contributed by atoms with Gasteiger partial charge in [0.25, 0.3) is 5.91 Å². The van der Waals surface area contributed by atoms with E-state index in [1.165, 1.54) is 7.05 Å². The van der Waals surface area contributed by atoms with Gasteiger partial charge in [-0.25, -0.2) is 22.9 Å². The van der Waals surface area contributed by atoms with Crippen molar-refractivity contribution in [1.82, 2.24) is 25.1 Å². The third-order valence-electron chi connectivity index (χ3n) is 5.75. The van der Waals surface area contributed by atoms with E-state index < -0.39 is 84.1 Å². The van der Waals surface area contributed by atoms with Gasteiger partial charge in [0.05, 0.1) is 12.2 Å². The molecule has 0 aliphatic carbocycles. The lowest BCUT2D eigenvalue weighted by Crippen LogP contribution is -2.45. The van der Waals surface area contributed by atoms with Gasteiger partial charge in [0.1, 0.15) is 11.4 Å². The van der Waals surface area contributed by atoms with Crippen molar-refractivity contribution < 1.29 is 45.5 Å². The van der Waals surface area contributed by atoms with Crippen LogP contribution in [0.25, 0.3) is 0 Å². The van der Waals surface area contributed by atoms with Crippen LogP contribution < -0.4 is 10.6 Å². The van der Waals surface area contributed by atoms with Gasteiger partial charge in [-0.2, -0.15) is 13.2 Å². The Labute approximate surface area is 219 Å². The van der Waals surface area contributed by atoms with Gasteiger partial charge < -0.3 is 24.8 Å². The molecule has 1 atom stereocenters. The van der Waals surface area contributed by atoms with E-state index in [1.54, 1.807) is 20.8 Å². The minimum absolute atomic E-state index is 0.135. The Morgan fingerprint density at radius 1 is 1.05 bits per heavy atom. The second-order valence-electron chi connectivity index (χ2n) is 9.88. The highest BCUT2D eigenvalue weighted by atomic mass is 19.4. The molecule has 1 aromatic carbocycles. The highest BCUT2D eigenvalue weighted by Crippen LogP contribution is 2.32. The summed E-state index contributed by atoms with van der Waals surface area (Å²) in [5.74, 6) is -6.67. The first kappa shape index (κ1) is 29.8. The predicted octanol–water partition coefficient (Wildman–Crippen LogP) is 3.55. The van der Waals surface area contributed by atoms with Crippen LogP contribution in [0.3, 0.4) is 0 Å². The molecule has 0 radical (unpaired) electrons. The summed E-state index contributed by atoms with van der Waals surface area (Å²) in [5, 5.41) is 4.63. The van der Waals surface area contributed by atoms with Crippen molar-refractivity contribution in [2.45, 2.75) is 64.5 Å². The number of aromatic nitrogens is 2. The summed E-state index contributed by atoms with van der Waals surface area (Å²) in [4.78, 5) is 42.4. The van der Waals surface area contributed by atoms with Crippen molar-refractivity contribution in [1.29, 1.82) is 0 Å². The molecule has 2 aromatic rings. The van der Waals surface area contributed by atoms with E-state index >= 15 is 0 Å². The molecule has 2 heterocycles. The number of benzene rings is 1. The van der Waals surface area contributed by atoms with Crippen LogP contribution in [0, 0.1) is 17.5 Å². The number of hydrogen-bond acceptors (Lipinski definition) is 5. The number of nitrogens with one attached hydrogen (secondary N) is 2. The first-order valence-electron chi connectivity index (χ1n) is 11.8. The number of nitrogens with zero attached hydrogens (tertiary/aromatic N) is 3. The molecule has 9 nitrogen and oxygen atoms in total. The molecule has 0 saturated carbocycles. The normalized spacial score (nSPS) is 14.5. The van der Waals surface area contributed by atoms with Gasteiger partial charge in [-0.15, -0.1) is 0 Å². The SMILES string of the molecule is CNC(=O)c1nc(C(F)(F)F)n2c1CN(C(=O)CC(Cc1cc(F)c(F)cc1F)NC(=O)OC(C)(C)C)CC2. The van der Waals surface area contributed by atoms with Crippen LogP contribution in [-0.2, 0) is 35.2 Å². The lowest BCUT2D eigenvalue weighted by molar-refractivity contribution is -0.148. The van der Waals surface area contributed by atoms with Crippen molar-refractivity contribution in [3.8, 4) is 0 Å². The second kappa shape index (κ2) is 11.1. The maximum absolute atomic E-state index is 14.3. The Hall–Kier alpha value is -3.78. The molecule has 15 heteroatoms. The number of amides is 3. The number of fused-ring (bicyclic) bond motifs is 1.